The molecule has 4 rings (SSSR count). The molecule has 0 radical (unpaired) electrons. The average molecular weight is 398 g/mol. The summed E-state index contributed by atoms with van der Waals surface area (Å²) >= 11 is 0. The van der Waals surface area contributed by atoms with Crippen molar-refractivity contribution < 1.29 is 18.0 Å². The molecular weight excluding hydrogens is 381 g/mol. The lowest BCUT2D eigenvalue weighted by Crippen LogP contribution is -2.17. The lowest BCUT2D eigenvalue weighted by Gasteiger charge is -2.14. The van der Waals surface area contributed by atoms with Gasteiger partial charge in [0.05, 0.1) is 17.1 Å². The van der Waals surface area contributed by atoms with Crippen molar-refractivity contribution in [3.05, 3.63) is 76.6 Å². The normalized spacial score (nSPS) is 14.4. The van der Waals surface area contributed by atoms with Gasteiger partial charge in [0.2, 0.25) is 0 Å². The molecule has 1 amide bonds. The highest BCUT2D eigenvalue weighted by molar-refractivity contribution is 5.99. The van der Waals surface area contributed by atoms with Crippen LogP contribution in [0.4, 0.5) is 13.2 Å². The summed E-state index contributed by atoms with van der Waals surface area (Å²) in [4.78, 5) is 26.7. The van der Waals surface area contributed by atoms with Gasteiger partial charge in [0, 0.05) is 42.4 Å². The monoisotopic (exact) mass is 398 g/mol. The minimum absolute atomic E-state index is 0.0782. The van der Waals surface area contributed by atoms with Gasteiger partial charge in [-0.2, -0.15) is 0 Å². The Morgan fingerprint density at radius 2 is 1.83 bits per heavy atom. The van der Waals surface area contributed by atoms with Crippen LogP contribution in [0.5, 0.6) is 0 Å². The SMILES string of the molecule is C[C@@H](c1cc(F)cc(C(F)F)c1)c1cc(-c2nccc3c2CN(C)C3=O)ncn1. The molecule has 29 heavy (non-hydrogen) atoms. The topological polar surface area (TPSA) is 59.0 Å². The first-order valence-electron chi connectivity index (χ1n) is 8.99. The largest absolute Gasteiger partial charge is 0.337 e. The Hall–Kier alpha value is -3.29. The summed E-state index contributed by atoms with van der Waals surface area (Å²) < 4.78 is 39.9. The summed E-state index contributed by atoms with van der Waals surface area (Å²) in [6, 6.07) is 6.71. The number of hydrogen-bond acceptors (Lipinski definition) is 4. The van der Waals surface area contributed by atoms with Crippen LogP contribution in [-0.2, 0) is 6.54 Å². The number of amides is 1. The second-order valence-corrected chi connectivity index (χ2v) is 7.02. The summed E-state index contributed by atoms with van der Waals surface area (Å²) in [5, 5.41) is 0. The molecule has 1 atom stereocenters. The van der Waals surface area contributed by atoms with Crippen LogP contribution in [0.2, 0.25) is 0 Å². The molecule has 0 spiro atoms. The number of pyridine rings is 1. The molecule has 148 valence electrons. The van der Waals surface area contributed by atoms with Crippen LogP contribution in [-0.4, -0.2) is 32.8 Å². The van der Waals surface area contributed by atoms with Crippen molar-refractivity contribution in [3.8, 4) is 11.4 Å². The van der Waals surface area contributed by atoms with E-state index in [1.54, 1.807) is 37.2 Å². The van der Waals surface area contributed by atoms with Gasteiger partial charge >= 0.3 is 0 Å². The van der Waals surface area contributed by atoms with E-state index in [4.69, 9.17) is 0 Å². The fourth-order valence-corrected chi connectivity index (χ4v) is 3.51. The molecule has 0 aliphatic carbocycles. The molecule has 8 heteroatoms. The van der Waals surface area contributed by atoms with E-state index in [1.165, 1.54) is 18.5 Å². The number of hydrogen-bond donors (Lipinski definition) is 0. The van der Waals surface area contributed by atoms with Crippen molar-refractivity contribution in [2.75, 3.05) is 7.05 Å². The third-order valence-electron chi connectivity index (χ3n) is 5.10. The zero-order chi connectivity index (χ0) is 20.7. The van der Waals surface area contributed by atoms with Crippen molar-refractivity contribution in [1.82, 2.24) is 19.9 Å². The first kappa shape index (κ1) is 19.0. The van der Waals surface area contributed by atoms with Crippen molar-refractivity contribution in [1.29, 1.82) is 0 Å². The molecule has 1 aliphatic rings. The Labute approximate surface area is 165 Å². The van der Waals surface area contributed by atoms with Gasteiger partial charge in [-0.25, -0.2) is 23.1 Å². The molecule has 0 unspecified atom stereocenters. The Bertz CT molecular complexity index is 1100. The molecule has 0 bridgehead atoms. The number of halogens is 3. The van der Waals surface area contributed by atoms with E-state index in [1.807, 2.05) is 0 Å². The molecule has 0 N–H and O–H groups in total. The van der Waals surface area contributed by atoms with Crippen LogP contribution < -0.4 is 0 Å². The Kier molecular flexibility index (Phi) is 4.77. The van der Waals surface area contributed by atoms with E-state index < -0.39 is 18.2 Å². The van der Waals surface area contributed by atoms with Crippen LogP contribution in [0.1, 0.15) is 52.0 Å². The number of alkyl halides is 2. The number of rotatable bonds is 4. The Morgan fingerprint density at radius 1 is 1.07 bits per heavy atom. The molecule has 0 fully saturated rings. The number of carbonyl (C=O) groups is 1. The second-order valence-electron chi connectivity index (χ2n) is 7.02. The van der Waals surface area contributed by atoms with E-state index in [-0.39, 0.29) is 11.5 Å². The molecule has 0 saturated carbocycles. The number of carbonyl (C=O) groups excluding carboxylic acids is 1. The number of aromatic nitrogens is 3. The highest BCUT2D eigenvalue weighted by atomic mass is 19.3. The fourth-order valence-electron chi connectivity index (χ4n) is 3.51. The van der Waals surface area contributed by atoms with Gasteiger partial charge in [-0.15, -0.1) is 0 Å². The van der Waals surface area contributed by atoms with Crippen LogP contribution in [0.25, 0.3) is 11.4 Å². The van der Waals surface area contributed by atoms with Crippen LogP contribution in [0.3, 0.4) is 0 Å². The summed E-state index contributed by atoms with van der Waals surface area (Å²) in [6.45, 7) is 2.18. The van der Waals surface area contributed by atoms with Crippen LogP contribution >= 0.6 is 0 Å². The summed E-state index contributed by atoms with van der Waals surface area (Å²) in [5.41, 5.74) is 3.02. The van der Waals surface area contributed by atoms with E-state index in [2.05, 4.69) is 15.0 Å². The fraction of sp³-hybridized carbons (Fsp3) is 0.238. The van der Waals surface area contributed by atoms with Gasteiger partial charge < -0.3 is 4.90 Å². The molecule has 2 aromatic heterocycles. The lowest BCUT2D eigenvalue weighted by atomic mass is 9.94. The molecule has 1 aliphatic heterocycles. The minimum Gasteiger partial charge on any atom is -0.337 e. The standard InChI is InChI=1S/C21H17F3N4O/c1-11(12-5-13(20(23)24)7-14(22)6-12)17-8-18(27-10-26-17)19-16-9-28(2)21(29)15(16)3-4-25-19/h3-8,10-11,20H,9H2,1-2H3/t11-/m0/s1. The lowest BCUT2D eigenvalue weighted by molar-refractivity contribution is 0.0816. The second kappa shape index (κ2) is 7.27. The van der Waals surface area contributed by atoms with Gasteiger partial charge in [-0.3, -0.25) is 9.78 Å². The van der Waals surface area contributed by atoms with Gasteiger partial charge in [0.15, 0.2) is 0 Å². The average Bonchev–Trinajstić information content (AvgIpc) is 3.01. The molecular formula is C21H17F3N4O. The smallest absolute Gasteiger partial charge is 0.263 e. The number of benzene rings is 1. The molecule has 3 heterocycles. The van der Waals surface area contributed by atoms with Gasteiger partial charge in [0.1, 0.15) is 12.1 Å². The quantitative estimate of drug-likeness (QED) is 0.656. The van der Waals surface area contributed by atoms with Gasteiger partial charge in [-0.05, 0) is 35.9 Å². The van der Waals surface area contributed by atoms with Gasteiger partial charge in [-0.1, -0.05) is 6.92 Å². The van der Waals surface area contributed by atoms with E-state index in [9.17, 15) is 18.0 Å². The van der Waals surface area contributed by atoms with Crippen molar-refractivity contribution >= 4 is 5.91 Å². The van der Waals surface area contributed by atoms with Crippen molar-refractivity contribution in [2.24, 2.45) is 0 Å². The minimum atomic E-state index is -2.76. The number of nitrogens with zero attached hydrogens (tertiary/aromatic N) is 4. The van der Waals surface area contributed by atoms with Crippen LogP contribution in [0.15, 0.2) is 42.9 Å². The predicted octanol–water partition coefficient (Wildman–Crippen LogP) is 4.35. The zero-order valence-electron chi connectivity index (χ0n) is 15.7. The Balaban J connectivity index is 1.74. The zero-order valence-corrected chi connectivity index (χ0v) is 15.7. The predicted molar refractivity (Wildman–Crippen MR) is 99.9 cm³/mol. The molecule has 1 aromatic carbocycles. The maximum Gasteiger partial charge on any atom is 0.263 e. The highest BCUT2D eigenvalue weighted by Crippen LogP contribution is 2.32. The summed E-state index contributed by atoms with van der Waals surface area (Å²) in [7, 11) is 1.71. The Morgan fingerprint density at radius 3 is 2.59 bits per heavy atom. The maximum atomic E-state index is 13.8. The third kappa shape index (κ3) is 3.46. The summed E-state index contributed by atoms with van der Waals surface area (Å²) in [5.74, 6) is -1.24. The molecule has 5 nitrogen and oxygen atoms in total. The third-order valence-corrected chi connectivity index (χ3v) is 5.10. The van der Waals surface area contributed by atoms with E-state index in [0.29, 0.717) is 34.8 Å². The van der Waals surface area contributed by atoms with E-state index in [0.717, 1.165) is 11.6 Å². The number of fused-ring (bicyclic) bond motifs is 1. The summed E-state index contributed by atoms with van der Waals surface area (Å²) in [6.07, 6.45) is 0.150. The first-order chi connectivity index (χ1) is 13.8. The van der Waals surface area contributed by atoms with Crippen molar-refractivity contribution in [3.63, 3.8) is 0 Å². The molecule has 3 aromatic rings. The maximum absolute atomic E-state index is 13.8. The van der Waals surface area contributed by atoms with Gasteiger partial charge in [0.25, 0.3) is 12.3 Å². The highest BCUT2D eigenvalue weighted by Gasteiger charge is 2.28. The van der Waals surface area contributed by atoms with E-state index >= 15 is 0 Å². The van der Waals surface area contributed by atoms with Crippen molar-refractivity contribution in [2.45, 2.75) is 25.8 Å². The van der Waals surface area contributed by atoms with Crippen LogP contribution in [0, 0.1) is 5.82 Å². The first-order valence-corrected chi connectivity index (χ1v) is 8.99. The molecule has 0 saturated heterocycles.